The summed E-state index contributed by atoms with van der Waals surface area (Å²) < 4.78 is 62.2. The van der Waals surface area contributed by atoms with Gasteiger partial charge in [-0.2, -0.15) is 0 Å². The summed E-state index contributed by atoms with van der Waals surface area (Å²) >= 11 is 0. The van der Waals surface area contributed by atoms with E-state index < -0.39 is 40.5 Å². The summed E-state index contributed by atoms with van der Waals surface area (Å²) in [7, 11) is 0. The third-order valence-electron chi connectivity index (χ3n) is 4.97. The van der Waals surface area contributed by atoms with Crippen LogP contribution in [0.1, 0.15) is 38.3 Å². The van der Waals surface area contributed by atoms with Crippen LogP contribution in [0.2, 0.25) is 0 Å². The molecule has 166 valence electrons. The van der Waals surface area contributed by atoms with Crippen LogP contribution in [0.25, 0.3) is 16.9 Å². The number of aliphatic hydroxyl groups is 1. The minimum Gasteiger partial charge on any atom is -0.437 e. The number of hydrogen-bond acceptors (Lipinski definition) is 4. The van der Waals surface area contributed by atoms with E-state index in [1.165, 1.54) is 26.1 Å². The Morgan fingerprint density at radius 2 is 1.72 bits per heavy atom. The highest BCUT2D eigenvalue weighted by Crippen LogP contribution is 2.39. The lowest BCUT2D eigenvalue weighted by molar-refractivity contribution is -0.118. The Balaban J connectivity index is 1.90. The third-order valence-corrected chi connectivity index (χ3v) is 4.97. The molecule has 3 aromatic rings. The van der Waals surface area contributed by atoms with E-state index in [0.29, 0.717) is 11.6 Å². The summed E-state index contributed by atoms with van der Waals surface area (Å²) in [5, 5.41) is 10.3. The van der Waals surface area contributed by atoms with E-state index in [9.17, 15) is 27.5 Å². The summed E-state index contributed by atoms with van der Waals surface area (Å²) in [5.41, 5.74) is -1.81. The largest absolute Gasteiger partial charge is 0.437 e. The van der Waals surface area contributed by atoms with Crippen molar-refractivity contribution in [3.05, 3.63) is 77.5 Å². The van der Waals surface area contributed by atoms with Crippen LogP contribution in [0.4, 0.5) is 23.2 Å². The van der Waals surface area contributed by atoms with E-state index in [4.69, 9.17) is 4.42 Å². The topological polar surface area (TPSA) is 66.6 Å². The Labute approximate surface area is 180 Å². The molecule has 0 spiro atoms. The average Bonchev–Trinajstić information content (AvgIpc) is 3.15. The molecule has 0 radical (unpaired) electrons. The van der Waals surface area contributed by atoms with Crippen LogP contribution in [0.5, 0.6) is 0 Å². The minimum absolute atomic E-state index is 0.0712. The number of halogens is 4. The molecule has 1 N–H and O–H groups in total. The smallest absolute Gasteiger partial charge is 0.231 e. The van der Waals surface area contributed by atoms with Gasteiger partial charge in [0.2, 0.25) is 11.8 Å². The number of benzene rings is 2. The Hall–Kier alpha value is -3.46. The van der Waals surface area contributed by atoms with Gasteiger partial charge in [-0.25, -0.2) is 22.5 Å². The second kappa shape index (κ2) is 7.90. The molecule has 0 fully saturated rings. The van der Waals surface area contributed by atoms with E-state index in [1.807, 2.05) is 0 Å². The first-order chi connectivity index (χ1) is 15.1. The van der Waals surface area contributed by atoms with Crippen molar-refractivity contribution in [3.63, 3.8) is 0 Å². The van der Waals surface area contributed by atoms with Gasteiger partial charge in [0.1, 0.15) is 40.3 Å². The Morgan fingerprint density at radius 3 is 2.34 bits per heavy atom. The predicted octanol–water partition coefficient (Wildman–Crippen LogP) is 5.29. The van der Waals surface area contributed by atoms with Crippen molar-refractivity contribution in [1.29, 1.82) is 0 Å². The molecular weight excluding hydrogens is 428 g/mol. The lowest BCUT2D eigenvalue weighted by Crippen LogP contribution is -2.30. The van der Waals surface area contributed by atoms with Crippen molar-refractivity contribution in [3.8, 4) is 11.3 Å². The Morgan fingerprint density at radius 1 is 1.03 bits per heavy atom. The molecule has 0 saturated heterocycles. The van der Waals surface area contributed by atoms with Gasteiger partial charge in [-0.1, -0.05) is 6.07 Å². The molecule has 0 aliphatic carbocycles. The van der Waals surface area contributed by atoms with Crippen LogP contribution in [-0.4, -0.2) is 16.0 Å². The molecule has 0 bridgehead atoms. The monoisotopic (exact) mass is 446 g/mol. The second-order valence-corrected chi connectivity index (χ2v) is 7.87. The summed E-state index contributed by atoms with van der Waals surface area (Å²) in [6.45, 7) is 2.82. The van der Waals surface area contributed by atoms with Gasteiger partial charge in [0.15, 0.2) is 5.76 Å². The summed E-state index contributed by atoms with van der Waals surface area (Å²) in [6.07, 6.45) is 1.24. The first-order valence-corrected chi connectivity index (χ1v) is 9.72. The maximum atomic E-state index is 14.5. The number of para-hydroxylation sites is 1. The van der Waals surface area contributed by atoms with Gasteiger partial charge in [-0.15, -0.1) is 0 Å². The fourth-order valence-electron chi connectivity index (χ4n) is 3.40. The molecule has 1 amide bonds. The molecule has 0 atom stereocenters. The first kappa shape index (κ1) is 21.8. The number of aromatic nitrogens is 1. The molecular formula is C23H18F4N2O3. The number of rotatable bonds is 4. The van der Waals surface area contributed by atoms with Crippen LogP contribution in [0.15, 0.2) is 47.0 Å². The number of hydrogen-bond donors (Lipinski definition) is 1. The molecule has 32 heavy (non-hydrogen) atoms. The molecule has 4 rings (SSSR count). The van der Waals surface area contributed by atoms with Gasteiger partial charge >= 0.3 is 0 Å². The summed E-state index contributed by atoms with van der Waals surface area (Å²) in [4.78, 5) is 17.6. The highest BCUT2D eigenvalue weighted by atomic mass is 19.1. The maximum absolute atomic E-state index is 14.5. The number of nitrogens with zero attached hydrogens (tertiary/aromatic N) is 2. The number of amides is 1. The van der Waals surface area contributed by atoms with Crippen molar-refractivity contribution < 1.29 is 31.9 Å². The zero-order valence-corrected chi connectivity index (χ0v) is 17.1. The Kier molecular flexibility index (Phi) is 5.37. The van der Waals surface area contributed by atoms with Crippen LogP contribution in [0.3, 0.4) is 0 Å². The van der Waals surface area contributed by atoms with E-state index in [-0.39, 0.29) is 35.7 Å². The van der Waals surface area contributed by atoms with Gasteiger partial charge < -0.3 is 9.52 Å². The number of carbonyl (C=O) groups excluding carboxylic acids is 1. The summed E-state index contributed by atoms with van der Waals surface area (Å²) in [5.74, 6) is -4.37. The fourth-order valence-corrected chi connectivity index (χ4v) is 3.40. The van der Waals surface area contributed by atoms with Gasteiger partial charge in [0.25, 0.3) is 0 Å². The Bertz CT molecular complexity index is 1220. The van der Waals surface area contributed by atoms with E-state index in [2.05, 4.69) is 4.98 Å². The highest BCUT2D eigenvalue weighted by Gasteiger charge is 2.32. The predicted molar refractivity (Wildman–Crippen MR) is 108 cm³/mol. The van der Waals surface area contributed by atoms with Crippen molar-refractivity contribution in [2.45, 2.75) is 32.3 Å². The lowest BCUT2D eigenvalue weighted by atomic mass is 9.99. The minimum atomic E-state index is -1.54. The zero-order valence-electron chi connectivity index (χ0n) is 17.1. The van der Waals surface area contributed by atoms with Gasteiger partial charge in [-0.05, 0) is 50.1 Å². The number of anilines is 1. The van der Waals surface area contributed by atoms with Crippen molar-refractivity contribution in [2.75, 3.05) is 4.90 Å². The molecule has 5 nitrogen and oxygen atoms in total. The molecule has 2 heterocycles. The first-order valence-electron chi connectivity index (χ1n) is 9.72. The normalized spacial score (nSPS) is 14.7. The molecule has 0 saturated carbocycles. The lowest BCUT2D eigenvalue weighted by Gasteiger charge is -2.25. The van der Waals surface area contributed by atoms with Crippen molar-refractivity contribution >= 4 is 17.2 Å². The van der Waals surface area contributed by atoms with Crippen LogP contribution < -0.4 is 4.90 Å². The maximum Gasteiger partial charge on any atom is 0.231 e. The standard InChI is InChI=1S/C23H18F4N2O3/c1-23(2,31)22-28-19(21(32-22)14-8-7-13(24)10-17(14)27)12-6-9-18(30)29(11-12)20-15(25)4-3-5-16(20)26/h3-5,7-8,10-11,31H,6,9H2,1-2H3. The van der Waals surface area contributed by atoms with Crippen LogP contribution in [0, 0.1) is 23.3 Å². The molecule has 1 aliphatic rings. The van der Waals surface area contributed by atoms with E-state index in [0.717, 1.165) is 29.2 Å². The van der Waals surface area contributed by atoms with E-state index >= 15 is 0 Å². The van der Waals surface area contributed by atoms with Crippen LogP contribution in [-0.2, 0) is 10.4 Å². The molecule has 1 aromatic heterocycles. The molecule has 0 unspecified atom stereocenters. The number of carbonyl (C=O) groups is 1. The number of allylic oxidation sites excluding steroid dienone is 1. The highest BCUT2D eigenvalue weighted by molar-refractivity contribution is 6.00. The van der Waals surface area contributed by atoms with Crippen molar-refractivity contribution in [1.82, 2.24) is 4.98 Å². The van der Waals surface area contributed by atoms with Gasteiger partial charge in [0.05, 0.1) is 5.56 Å². The van der Waals surface area contributed by atoms with E-state index in [1.54, 1.807) is 0 Å². The molecule has 9 heteroatoms. The van der Waals surface area contributed by atoms with Crippen LogP contribution >= 0.6 is 0 Å². The SMILES string of the molecule is CC(C)(O)c1nc(C2=CN(c3c(F)cccc3F)C(=O)CC2)c(-c2ccc(F)cc2F)o1. The van der Waals surface area contributed by atoms with Crippen molar-refractivity contribution in [2.24, 2.45) is 0 Å². The number of oxazole rings is 1. The molecule has 1 aliphatic heterocycles. The zero-order chi connectivity index (χ0) is 23.2. The second-order valence-electron chi connectivity index (χ2n) is 7.87. The third kappa shape index (κ3) is 3.91. The molecule has 2 aromatic carbocycles. The summed E-state index contributed by atoms with van der Waals surface area (Å²) in [6, 6.07) is 6.09. The fraction of sp³-hybridized carbons (Fsp3) is 0.217. The van der Waals surface area contributed by atoms with Gasteiger partial charge in [-0.3, -0.25) is 9.69 Å². The quantitative estimate of drug-likeness (QED) is 0.553. The average molecular weight is 446 g/mol. The van der Waals surface area contributed by atoms with Gasteiger partial charge in [0, 0.05) is 18.7 Å².